The third-order valence-electron chi connectivity index (χ3n) is 5.35. The maximum atomic E-state index is 13.0. The fraction of sp³-hybridized carbons (Fsp3) is 0.409. The van der Waals surface area contributed by atoms with Crippen LogP contribution in [0.1, 0.15) is 24.0 Å². The number of hydrogen-bond acceptors (Lipinski definition) is 6. The molecule has 0 bridgehead atoms. The van der Waals surface area contributed by atoms with Crippen LogP contribution >= 0.6 is 0 Å². The van der Waals surface area contributed by atoms with Crippen molar-refractivity contribution in [1.29, 1.82) is 0 Å². The fourth-order valence-electron chi connectivity index (χ4n) is 3.59. The predicted octanol–water partition coefficient (Wildman–Crippen LogP) is 1.87. The van der Waals surface area contributed by atoms with Crippen molar-refractivity contribution in [3.63, 3.8) is 0 Å². The second-order valence-electron chi connectivity index (χ2n) is 8.04. The molecule has 1 aliphatic rings. The molecule has 8 heteroatoms. The van der Waals surface area contributed by atoms with Crippen LogP contribution in [0.5, 0.6) is 0 Å². The van der Waals surface area contributed by atoms with Gasteiger partial charge < -0.3 is 18.9 Å². The van der Waals surface area contributed by atoms with Gasteiger partial charge in [0, 0.05) is 19.1 Å². The summed E-state index contributed by atoms with van der Waals surface area (Å²) in [6, 6.07) is 18.3. The number of rotatable bonds is 5. The lowest BCUT2D eigenvalue weighted by atomic mass is 9.86. The van der Waals surface area contributed by atoms with Crippen molar-refractivity contribution in [2.24, 2.45) is 0 Å². The first-order valence-corrected chi connectivity index (χ1v) is 11.5. The first kappa shape index (κ1) is 24.0. The molecule has 0 saturated carbocycles. The molecule has 30 heavy (non-hydrogen) atoms. The molecular weight excluding hydrogens is 406 g/mol. The smallest absolute Gasteiger partial charge is 0.347 e. The Morgan fingerprint density at radius 1 is 1.10 bits per heavy atom. The maximum absolute atomic E-state index is 13.0. The number of esters is 1. The van der Waals surface area contributed by atoms with Crippen molar-refractivity contribution in [2.75, 3.05) is 33.5 Å². The van der Waals surface area contributed by atoms with Crippen molar-refractivity contribution in [2.45, 2.75) is 24.5 Å². The molecule has 0 amide bonds. The lowest BCUT2D eigenvalue weighted by Crippen LogP contribution is -2.48. The maximum Gasteiger partial charge on any atom is 0.347 e. The Kier molecular flexibility index (Phi) is 7.76. The number of hydrogen-bond donors (Lipinski definition) is 1. The van der Waals surface area contributed by atoms with E-state index in [0.29, 0.717) is 24.0 Å². The van der Waals surface area contributed by atoms with Crippen molar-refractivity contribution in [1.82, 2.24) is 0 Å². The van der Waals surface area contributed by atoms with Gasteiger partial charge in [0.05, 0.1) is 30.8 Å². The first-order valence-electron chi connectivity index (χ1n) is 9.69. The monoisotopic (exact) mass is 435 g/mol. The number of aliphatic hydroxyl groups is 1. The Bertz CT molecular complexity index is 881. The number of quaternary nitrogens is 1. The predicted molar refractivity (Wildman–Crippen MR) is 112 cm³/mol. The van der Waals surface area contributed by atoms with Crippen molar-refractivity contribution >= 4 is 16.1 Å². The highest BCUT2D eigenvalue weighted by molar-refractivity contribution is 7.84. The minimum absolute atomic E-state index is 0.278. The lowest BCUT2D eigenvalue weighted by molar-refractivity contribution is -0.902. The molecule has 1 fully saturated rings. The molecule has 0 aromatic heterocycles. The molecule has 0 spiro atoms. The van der Waals surface area contributed by atoms with Crippen LogP contribution in [0.2, 0.25) is 0 Å². The standard InChI is InChI=1S/C21H26NO3.CH4O3S/c1-22(2)15-9-14-19(22)16-25-20(23)21(24,17-10-5-3-6-11-17)18-12-7-4-8-13-18;1-5(2,3)4/h3-8,10-13,19,24H,9,14-16H2,1-2H3;1H3,(H,2,3,4)/q+1;/p-1. The topological polar surface area (TPSA) is 104 Å². The van der Waals surface area contributed by atoms with Crippen LogP contribution in [0.25, 0.3) is 0 Å². The molecule has 2 aromatic rings. The molecular formula is C22H29NO6S. The van der Waals surface area contributed by atoms with Gasteiger partial charge in [-0.25, -0.2) is 13.2 Å². The molecule has 1 atom stereocenters. The normalized spacial score (nSPS) is 18.2. The van der Waals surface area contributed by atoms with Gasteiger partial charge in [-0.05, 0) is 11.1 Å². The van der Waals surface area contributed by atoms with Gasteiger partial charge in [0.25, 0.3) is 0 Å². The minimum Gasteiger partial charge on any atom is -0.748 e. The van der Waals surface area contributed by atoms with E-state index in [2.05, 4.69) is 14.1 Å². The molecule has 1 heterocycles. The highest BCUT2D eigenvalue weighted by Gasteiger charge is 2.43. The number of carbonyl (C=O) groups excluding carboxylic acids is 1. The van der Waals surface area contributed by atoms with E-state index >= 15 is 0 Å². The van der Waals surface area contributed by atoms with Crippen molar-refractivity contribution < 1.29 is 32.1 Å². The molecule has 0 aliphatic carbocycles. The second kappa shape index (κ2) is 9.70. The highest BCUT2D eigenvalue weighted by atomic mass is 32.2. The van der Waals surface area contributed by atoms with Gasteiger partial charge >= 0.3 is 5.97 Å². The number of likely N-dealkylation sites (tertiary alicyclic amines) is 1. The SMILES string of the molecule is CS(=O)(=O)[O-].C[N+]1(C)CCCC1COC(=O)C(O)(c1ccccc1)c1ccccc1. The summed E-state index contributed by atoms with van der Waals surface area (Å²) < 4.78 is 33.7. The Morgan fingerprint density at radius 3 is 1.90 bits per heavy atom. The van der Waals surface area contributed by atoms with Crippen LogP contribution in [0.3, 0.4) is 0 Å². The molecule has 164 valence electrons. The first-order chi connectivity index (χ1) is 13.9. The van der Waals surface area contributed by atoms with Crippen LogP contribution < -0.4 is 0 Å². The van der Waals surface area contributed by atoms with E-state index in [9.17, 15) is 9.90 Å². The van der Waals surface area contributed by atoms with Crippen LogP contribution in [0, 0.1) is 0 Å². The van der Waals surface area contributed by atoms with Crippen LogP contribution in [0.15, 0.2) is 60.7 Å². The summed E-state index contributed by atoms with van der Waals surface area (Å²) in [4.78, 5) is 13.0. The molecule has 1 saturated heterocycles. The van der Waals surface area contributed by atoms with Gasteiger partial charge in [0.2, 0.25) is 5.60 Å². The minimum atomic E-state index is -3.92. The third-order valence-corrected chi connectivity index (χ3v) is 5.35. The fourth-order valence-corrected chi connectivity index (χ4v) is 3.59. The quantitative estimate of drug-likeness (QED) is 0.437. The van der Waals surface area contributed by atoms with Crippen molar-refractivity contribution in [3.05, 3.63) is 71.8 Å². The molecule has 1 N–H and O–H groups in total. The summed E-state index contributed by atoms with van der Waals surface area (Å²) in [6.45, 7) is 1.41. The Balaban J connectivity index is 0.000000575. The molecule has 1 aliphatic heterocycles. The lowest BCUT2D eigenvalue weighted by Gasteiger charge is -2.32. The van der Waals surface area contributed by atoms with Gasteiger partial charge in [0.1, 0.15) is 12.6 Å². The Labute approximate surface area is 178 Å². The Hall–Kier alpha value is -2.26. The highest BCUT2D eigenvalue weighted by Crippen LogP contribution is 2.32. The van der Waals surface area contributed by atoms with Crippen LogP contribution in [-0.4, -0.2) is 68.1 Å². The number of benzene rings is 2. The number of ether oxygens (including phenoxy) is 1. The van der Waals surface area contributed by atoms with E-state index in [1.165, 1.54) is 0 Å². The summed E-state index contributed by atoms with van der Waals surface area (Å²) in [7, 11) is 0.401. The van der Waals surface area contributed by atoms with E-state index in [4.69, 9.17) is 17.7 Å². The molecule has 3 rings (SSSR count). The van der Waals surface area contributed by atoms with Gasteiger partial charge in [-0.15, -0.1) is 0 Å². The average Bonchev–Trinajstić information content (AvgIpc) is 3.03. The summed E-state index contributed by atoms with van der Waals surface area (Å²) in [5, 5.41) is 11.3. The van der Waals surface area contributed by atoms with E-state index in [-0.39, 0.29) is 6.04 Å². The van der Waals surface area contributed by atoms with E-state index in [1.807, 2.05) is 36.4 Å². The number of carbonyl (C=O) groups is 1. The summed E-state index contributed by atoms with van der Waals surface area (Å²) in [6.07, 6.45) is 2.78. The number of nitrogens with zero attached hydrogens (tertiary/aromatic N) is 1. The summed E-state index contributed by atoms with van der Waals surface area (Å²) in [5.41, 5.74) is -0.754. The number of likely N-dealkylation sites (N-methyl/N-ethyl adjacent to an activating group) is 1. The van der Waals surface area contributed by atoms with Crippen LogP contribution in [-0.2, 0) is 25.3 Å². The zero-order valence-electron chi connectivity index (χ0n) is 17.5. The molecule has 2 aromatic carbocycles. The van der Waals surface area contributed by atoms with Crippen molar-refractivity contribution in [3.8, 4) is 0 Å². The van der Waals surface area contributed by atoms with Gasteiger partial charge in [-0.2, -0.15) is 0 Å². The van der Waals surface area contributed by atoms with E-state index in [1.54, 1.807) is 24.3 Å². The van der Waals surface area contributed by atoms with E-state index in [0.717, 1.165) is 23.9 Å². The summed E-state index contributed by atoms with van der Waals surface area (Å²) >= 11 is 0. The van der Waals surface area contributed by atoms with Gasteiger partial charge in [0.15, 0.2) is 0 Å². The molecule has 0 radical (unpaired) electrons. The third kappa shape index (κ3) is 6.37. The zero-order valence-corrected chi connectivity index (χ0v) is 18.3. The zero-order chi connectivity index (χ0) is 22.4. The average molecular weight is 436 g/mol. The van der Waals surface area contributed by atoms with E-state index < -0.39 is 21.7 Å². The summed E-state index contributed by atoms with van der Waals surface area (Å²) in [5.74, 6) is -0.614. The largest absolute Gasteiger partial charge is 0.748 e. The second-order valence-corrected chi connectivity index (χ2v) is 9.45. The molecule has 7 nitrogen and oxygen atoms in total. The van der Waals surface area contributed by atoms with Gasteiger partial charge in [-0.3, -0.25) is 0 Å². The van der Waals surface area contributed by atoms with Crippen LogP contribution in [0.4, 0.5) is 0 Å². The Morgan fingerprint density at radius 2 is 1.53 bits per heavy atom. The molecule has 1 unspecified atom stereocenters. The van der Waals surface area contributed by atoms with Gasteiger partial charge in [-0.1, -0.05) is 60.7 Å².